The summed E-state index contributed by atoms with van der Waals surface area (Å²) in [6, 6.07) is 16.7. The van der Waals surface area contributed by atoms with Crippen molar-refractivity contribution in [1.82, 2.24) is 10.2 Å². The number of amides is 1. The Morgan fingerprint density at radius 3 is 2.66 bits per heavy atom. The van der Waals surface area contributed by atoms with Crippen molar-refractivity contribution in [2.24, 2.45) is 5.73 Å². The highest BCUT2D eigenvalue weighted by Crippen LogP contribution is 2.47. The summed E-state index contributed by atoms with van der Waals surface area (Å²) in [5, 5.41) is 22.5. The normalized spacial score (nSPS) is 17.3. The molecule has 1 aliphatic heterocycles. The minimum absolute atomic E-state index is 0.0137. The average Bonchev–Trinajstić information content (AvgIpc) is 3.37. The number of allylic oxidation sites excluding steroid dienone is 3. The maximum absolute atomic E-state index is 13.2. The molecule has 0 saturated heterocycles. The first kappa shape index (κ1) is 26.4. The Labute approximate surface area is 240 Å². The number of aromatic nitrogens is 2. The molecular weight excluding hydrogens is 608 g/mol. The number of nitriles is 1. The Hall–Kier alpha value is -3.17. The van der Waals surface area contributed by atoms with Gasteiger partial charge in [0.25, 0.3) is 0 Å². The maximum atomic E-state index is 13.2. The van der Waals surface area contributed by atoms with E-state index in [-0.39, 0.29) is 28.8 Å². The van der Waals surface area contributed by atoms with Gasteiger partial charge in [0.05, 0.1) is 23.3 Å². The van der Waals surface area contributed by atoms with Crippen molar-refractivity contribution in [3.63, 3.8) is 0 Å². The predicted octanol–water partition coefficient (Wildman–Crippen LogP) is 5.99. The number of rotatable bonds is 6. The largest absolute Gasteiger partial charge is 0.384 e. The van der Waals surface area contributed by atoms with Crippen molar-refractivity contribution < 1.29 is 9.59 Å². The monoisotopic (exact) mass is 626 g/mol. The molecule has 0 spiro atoms. The van der Waals surface area contributed by atoms with Crippen LogP contribution in [0.1, 0.15) is 30.7 Å². The smallest absolute Gasteiger partial charge is 0.234 e. The number of hydrogen-bond acceptors (Lipinski definition) is 9. The molecule has 1 aromatic heterocycles. The molecule has 2 heterocycles. The first-order chi connectivity index (χ1) is 18.4. The average molecular weight is 628 g/mol. The maximum Gasteiger partial charge on any atom is 0.234 e. The summed E-state index contributed by atoms with van der Waals surface area (Å²) in [6.07, 6.45) is 1.69. The van der Waals surface area contributed by atoms with Gasteiger partial charge in [-0.1, -0.05) is 62.8 Å². The summed E-state index contributed by atoms with van der Waals surface area (Å²) in [5.74, 6) is -0.390. The van der Waals surface area contributed by atoms with Crippen LogP contribution in [0, 0.1) is 11.3 Å². The summed E-state index contributed by atoms with van der Waals surface area (Å²) >= 11 is 12.0. The molecule has 38 heavy (non-hydrogen) atoms. The zero-order valence-electron chi connectivity index (χ0n) is 19.8. The minimum Gasteiger partial charge on any atom is -0.384 e. The Morgan fingerprint density at radius 1 is 1.21 bits per heavy atom. The number of carbonyl (C=O) groups excluding carboxylic acids is 2. The lowest BCUT2D eigenvalue weighted by Crippen LogP contribution is -2.38. The number of nitrogens with zero attached hydrogens (tertiary/aromatic N) is 4. The van der Waals surface area contributed by atoms with Gasteiger partial charge in [0, 0.05) is 32.9 Å². The van der Waals surface area contributed by atoms with Gasteiger partial charge in [0.1, 0.15) is 5.82 Å². The third kappa shape index (κ3) is 5.35. The van der Waals surface area contributed by atoms with Crippen LogP contribution in [0.2, 0.25) is 5.02 Å². The number of benzene rings is 2. The highest BCUT2D eigenvalue weighted by molar-refractivity contribution is 9.10. The van der Waals surface area contributed by atoms with Gasteiger partial charge in [0.15, 0.2) is 10.1 Å². The standard InChI is InChI=1S/C26H20BrClN6O2S2/c27-15-6-10-17(11-7-15)31-21(36)13-37-26-33-32-25(38-26)34-19-2-1-3-20(35)23(19)22(18(12-29)24(34)30)14-4-8-16(28)9-5-14/h4-11,22H,1-3,13,30H2,(H,31,36). The van der Waals surface area contributed by atoms with E-state index < -0.39 is 5.92 Å². The Balaban J connectivity index is 1.41. The van der Waals surface area contributed by atoms with Gasteiger partial charge < -0.3 is 11.1 Å². The molecule has 0 fully saturated rings. The van der Waals surface area contributed by atoms with Gasteiger partial charge in [0.2, 0.25) is 11.0 Å². The highest BCUT2D eigenvalue weighted by Gasteiger charge is 2.41. The molecule has 0 saturated carbocycles. The number of ketones is 1. The first-order valence-corrected chi connectivity index (χ1v) is 14.6. The minimum atomic E-state index is -0.569. The van der Waals surface area contributed by atoms with Crippen LogP contribution in [0.15, 0.2) is 80.0 Å². The number of nitrogens with one attached hydrogen (secondary N) is 1. The Bertz CT molecular complexity index is 1510. The van der Waals surface area contributed by atoms with E-state index in [1.54, 1.807) is 17.0 Å². The van der Waals surface area contributed by atoms with Crippen molar-refractivity contribution >= 4 is 73.1 Å². The molecule has 0 bridgehead atoms. The predicted molar refractivity (Wildman–Crippen MR) is 153 cm³/mol. The van der Waals surface area contributed by atoms with E-state index in [1.807, 2.05) is 36.4 Å². The molecule has 1 aliphatic carbocycles. The topological polar surface area (TPSA) is 125 Å². The quantitative estimate of drug-likeness (QED) is 0.319. The third-order valence-electron chi connectivity index (χ3n) is 6.16. The fourth-order valence-electron chi connectivity index (χ4n) is 4.50. The summed E-state index contributed by atoms with van der Waals surface area (Å²) < 4.78 is 1.50. The first-order valence-electron chi connectivity index (χ1n) is 11.6. The highest BCUT2D eigenvalue weighted by atomic mass is 79.9. The van der Waals surface area contributed by atoms with Crippen molar-refractivity contribution in [2.45, 2.75) is 29.5 Å². The number of Topliss-reactive ketones (excluding diaryl/α,β-unsaturated/α-hetero) is 1. The van der Waals surface area contributed by atoms with Gasteiger partial charge in [-0.25, -0.2) is 0 Å². The second-order valence-corrected chi connectivity index (χ2v) is 12.1. The van der Waals surface area contributed by atoms with E-state index in [4.69, 9.17) is 17.3 Å². The number of hydrogen-bond donors (Lipinski definition) is 2. The fourth-order valence-corrected chi connectivity index (χ4v) is 6.57. The molecule has 1 atom stereocenters. The van der Waals surface area contributed by atoms with Crippen LogP contribution in [0.5, 0.6) is 0 Å². The molecule has 2 aliphatic rings. The zero-order chi connectivity index (χ0) is 26.8. The van der Waals surface area contributed by atoms with E-state index in [0.29, 0.717) is 45.0 Å². The molecule has 2 aromatic carbocycles. The Morgan fingerprint density at radius 2 is 1.95 bits per heavy atom. The van der Waals surface area contributed by atoms with Gasteiger partial charge in [-0.2, -0.15) is 5.26 Å². The molecule has 8 nitrogen and oxygen atoms in total. The summed E-state index contributed by atoms with van der Waals surface area (Å²) in [6.45, 7) is 0. The summed E-state index contributed by atoms with van der Waals surface area (Å²) in [5.41, 5.74) is 9.63. The molecule has 3 aromatic rings. The summed E-state index contributed by atoms with van der Waals surface area (Å²) in [4.78, 5) is 27.3. The van der Waals surface area contributed by atoms with Crippen LogP contribution in [-0.4, -0.2) is 27.6 Å². The van der Waals surface area contributed by atoms with E-state index in [2.05, 4.69) is 37.5 Å². The third-order valence-corrected chi connectivity index (χ3v) is 8.98. The van der Waals surface area contributed by atoms with Crippen molar-refractivity contribution in [3.05, 3.63) is 86.3 Å². The van der Waals surface area contributed by atoms with Crippen molar-refractivity contribution in [3.8, 4) is 6.07 Å². The fraction of sp³-hybridized carbons (Fsp3) is 0.192. The molecule has 5 rings (SSSR count). The van der Waals surface area contributed by atoms with Crippen molar-refractivity contribution in [2.75, 3.05) is 16.0 Å². The lowest BCUT2D eigenvalue weighted by atomic mass is 9.76. The molecule has 3 N–H and O–H groups in total. The number of nitrogens with two attached hydrogens (primary N) is 1. The second kappa shape index (κ2) is 11.3. The molecule has 0 radical (unpaired) electrons. The lowest BCUT2D eigenvalue weighted by Gasteiger charge is -2.38. The Kier molecular flexibility index (Phi) is 7.85. The van der Waals surface area contributed by atoms with Crippen LogP contribution >= 0.6 is 50.6 Å². The summed E-state index contributed by atoms with van der Waals surface area (Å²) in [7, 11) is 0. The number of anilines is 2. The number of halogens is 2. The lowest BCUT2D eigenvalue weighted by molar-refractivity contribution is -0.116. The molecule has 12 heteroatoms. The van der Waals surface area contributed by atoms with Gasteiger partial charge >= 0.3 is 0 Å². The van der Waals surface area contributed by atoms with Crippen molar-refractivity contribution in [1.29, 1.82) is 5.26 Å². The van der Waals surface area contributed by atoms with E-state index in [1.165, 1.54) is 23.1 Å². The molecule has 192 valence electrons. The van der Waals surface area contributed by atoms with Crippen LogP contribution < -0.4 is 16.0 Å². The number of thioether (sulfide) groups is 1. The SMILES string of the molecule is N#CC1=C(N)N(c2nnc(SCC(=O)Nc3ccc(Br)cc3)s2)C2=C(C(=O)CCC2)C1c1ccc(Cl)cc1. The van der Waals surface area contributed by atoms with Crippen LogP contribution in [-0.2, 0) is 9.59 Å². The van der Waals surface area contributed by atoms with E-state index >= 15 is 0 Å². The van der Waals surface area contributed by atoms with Crippen LogP contribution in [0.25, 0.3) is 0 Å². The van der Waals surface area contributed by atoms with Gasteiger partial charge in [-0.3, -0.25) is 14.5 Å². The van der Waals surface area contributed by atoms with Crippen LogP contribution in [0.3, 0.4) is 0 Å². The van der Waals surface area contributed by atoms with E-state index in [9.17, 15) is 14.9 Å². The van der Waals surface area contributed by atoms with Crippen LogP contribution in [0.4, 0.5) is 10.8 Å². The van der Waals surface area contributed by atoms with E-state index in [0.717, 1.165) is 15.7 Å². The molecule has 1 amide bonds. The zero-order valence-corrected chi connectivity index (χ0v) is 23.8. The second-order valence-electron chi connectivity index (χ2n) is 8.56. The van der Waals surface area contributed by atoms with Gasteiger partial charge in [-0.15, -0.1) is 10.2 Å². The molecular formula is C26H20BrClN6O2S2. The number of carbonyl (C=O) groups is 2. The molecule has 1 unspecified atom stereocenters. The van der Waals surface area contributed by atoms with Gasteiger partial charge in [-0.05, 0) is 54.8 Å².